The molecule has 20 heavy (non-hydrogen) atoms. The molecule has 106 valence electrons. The van der Waals surface area contributed by atoms with Crippen LogP contribution in [0.1, 0.15) is 20.7 Å². The van der Waals surface area contributed by atoms with E-state index in [1.54, 1.807) is 18.2 Å². The van der Waals surface area contributed by atoms with Crippen LogP contribution in [0.5, 0.6) is 0 Å². The predicted molar refractivity (Wildman–Crippen MR) is 78.8 cm³/mol. The highest BCUT2D eigenvalue weighted by atomic mass is 79.9. The van der Waals surface area contributed by atoms with E-state index in [4.69, 9.17) is 0 Å². The largest absolute Gasteiger partial charge is 0.314 e. The molecule has 5 nitrogen and oxygen atoms in total. The van der Waals surface area contributed by atoms with Gasteiger partial charge in [0.2, 0.25) is 0 Å². The number of amides is 2. The summed E-state index contributed by atoms with van der Waals surface area (Å²) in [5, 5.41) is 3.30. The first-order valence-electron chi connectivity index (χ1n) is 6.65. The first-order chi connectivity index (χ1) is 9.59. The average molecular weight is 338 g/mol. The van der Waals surface area contributed by atoms with Gasteiger partial charge in [-0.2, -0.15) is 0 Å². The molecule has 2 heterocycles. The minimum absolute atomic E-state index is 0.171. The smallest absolute Gasteiger partial charge is 0.262 e. The fraction of sp³-hybridized carbons (Fsp3) is 0.429. The second kappa shape index (κ2) is 5.27. The maximum absolute atomic E-state index is 12.4. The van der Waals surface area contributed by atoms with Crippen LogP contribution in [0.2, 0.25) is 0 Å². The van der Waals surface area contributed by atoms with Gasteiger partial charge in [0.15, 0.2) is 0 Å². The third-order valence-electron chi connectivity index (χ3n) is 3.99. The molecule has 0 aromatic heterocycles. The van der Waals surface area contributed by atoms with Crippen LogP contribution in [0.3, 0.4) is 0 Å². The summed E-state index contributed by atoms with van der Waals surface area (Å²) in [6, 6.07) is 5.46. The quantitative estimate of drug-likeness (QED) is 0.816. The van der Waals surface area contributed by atoms with Crippen molar-refractivity contribution in [2.45, 2.75) is 6.04 Å². The number of carbonyl (C=O) groups excluding carboxylic acids is 2. The number of imide groups is 1. The lowest BCUT2D eigenvalue weighted by Crippen LogP contribution is -2.54. The van der Waals surface area contributed by atoms with E-state index in [1.165, 1.54) is 4.90 Å². The minimum Gasteiger partial charge on any atom is -0.314 e. The summed E-state index contributed by atoms with van der Waals surface area (Å²) in [4.78, 5) is 28.4. The molecule has 0 radical (unpaired) electrons. The summed E-state index contributed by atoms with van der Waals surface area (Å²) in [6.07, 6.45) is 0. The number of fused-ring (bicyclic) bond motifs is 1. The molecule has 1 saturated heterocycles. The van der Waals surface area contributed by atoms with E-state index >= 15 is 0 Å². The van der Waals surface area contributed by atoms with Crippen LogP contribution in [0.25, 0.3) is 0 Å². The monoisotopic (exact) mass is 337 g/mol. The van der Waals surface area contributed by atoms with Crippen molar-refractivity contribution in [1.29, 1.82) is 0 Å². The number of benzene rings is 1. The first-order valence-corrected chi connectivity index (χ1v) is 7.44. The minimum atomic E-state index is -0.198. The Labute approximate surface area is 126 Å². The van der Waals surface area contributed by atoms with Crippen molar-refractivity contribution in [3.05, 3.63) is 33.8 Å². The van der Waals surface area contributed by atoms with Gasteiger partial charge in [0.1, 0.15) is 0 Å². The molecule has 1 atom stereocenters. The Hall–Kier alpha value is -1.24. The van der Waals surface area contributed by atoms with Gasteiger partial charge in [0.25, 0.3) is 11.8 Å². The molecule has 2 aliphatic heterocycles. The zero-order valence-electron chi connectivity index (χ0n) is 11.2. The lowest BCUT2D eigenvalue weighted by molar-refractivity contribution is 0.0588. The number of carbonyl (C=O) groups is 2. The number of nitrogens with zero attached hydrogens (tertiary/aromatic N) is 2. The Morgan fingerprint density at radius 2 is 2.15 bits per heavy atom. The van der Waals surface area contributed by atoms with Gasteiger partial charge in [-0.15, -0.1) is 0 Å². The van der Waals surface area contributed by atoms with Gasteiger partial charge < -0.3 is 5.32 Å². The fourth-order valence-corrected chi connectivity index (χ4v) is 3.27. The van der Waals surface area contributed by atoms with E-state index in [0.717, 1.165) is 19.6 Å². The Morgan fingerprint density at radius 3 is 2.85 bits per heavy atom. The van der Waals surface area contributed by atoms with Crippen LogP contribution in [0, 0.1) is 0 Å². The zero-order valence-corrected chi connectivity index (χ0v) is 12.8. The highest BCUT2D eigenvalue weighted by Gasteiger charge is 2.38. The van der Waals surface area contributed by atoms with Crippen molar-refractivity contribution >= 4 is 27.7 Å². The summed E-state index contributed by atoms with van der Waals surface area (Å²) >= 11 is 3.36. The second-order valence-corrected chi connectivity index (χ2v) is 6.08. The summed E-state index contributed by atoms with van der Waals surface area (Å²) in [5.41, 5.74) is 0.986. The third-order valence-corrected chi connectivity index (χ3v) is 4.65. The zero-order chi connectivity index (χ0) is 14.3. The first kappa shape index (κ1) is 13.7. The number of hydrogen-bond donors (Lipinski definition) is 1. The third kappa shape index (κ3) is 2.17. The van der Waals surface area contributed by atoms with Crippen molar-refractivity contribution in [3.63, 3.8) is 0 Å². The number of hydrogen-bond acceptors (Lipinski definition) is 4. The van der Waals surface area contributed by atoms with Gasteiger partial charge in [-0.05, 0) is 35.1 Å². The maximum atomic E-state index is 12.4. The molecular weight excluding hydrogens is 322 g/mol. The molecule has 1 N–H and O–H groups in total. The maximum Gasteiger partial charge on any atom is 0.262 e. The predicted octanol–water partition coefficient (Wildman–Crippen LogP) is 0.949. The van der Waals surface area contributed by atoms with Gasteiger partial charge in [0, 0.05) is 36.7 Å². The molecule has 6 heteroatoms. The molecule has 1 unspecified atom stereocenters. The summed E-state index contributed by atoms with van der Waals surface area (Å²) in [7, 11) is 2.03. The molecule has 2 aliphatic rings. The summed E-state index contributed by atoms with van der Waals surface area (Å²) in [5.74, 6) is -0.387. The lowest BCUT2D eigenvalue weighted by Gasteiger charge is -2.34. The Kier molecular flexibility index (Phi) is 3.62. The fourth-order valence-electron chi connectivity index (χ4n) is 2.74. The molecule has 2 amide bonds. The van der Waals surface area contributed by atoms with Crippen LogP contribution in [-0.2, 0) is 0 Å². The molecular formula is C14H16BrN3O2. The average Bonchev–Trinajstić information content (AvgIpc) is 2.67. The van der Waals surface area contributed by atoms with E-state index in [0.29, 0.717) is 22.1 Å². The number of halogens is 1. The van der Waals surface area contributed by atoms with Crippen molar-refractivity contribution in [1.82, 2.24) is 15.1 Å². The molecule has 0 saturated carbocycles. The lowest BCUT2D eigenvalue weighted by atomic mass is 10.1. The van der Waals surface area contributed by atoms with Crippen LogP contribution in [-0.4, -0.2) is 60.9 Å². The van der Waals surface area contributed by atoms with Crippen LogP contribution >= 0.6 is 15.9 Å². The van der Waals surface area contributed by atoms with Crippen molar-refractivity contribution in [2.75, 3.05) is 33.2 Å². The van der Waals surface area contributed by atoms with E-state index in [-0.39, 0.29) is 17.9 Å². The van der Waals surface area contributed by atoms with Crippen molar-refractivity contribution < 1.29 is 9.59 Å². The van der Waals surface area contributed by atoms with Gasteiger partial charge >= 0.3 is 0 Å². The number of likely N-dealkylation sites (N-methyl/N-ethyl adjacent to an activating group) is 1. The van der Waals surface area contributed by atoms with Crippen molar-refractivity contribution in [2.24, 2.45) is 0 Å². The normalized spacial score (nSPS) is 23.3. The molecule has 1 aromatic rings. The molecule has 0 bridgehead atoms. The Morgan fingerprint density at radius 1 is 1.35 bits per heavy atom. The van der Waals surface area contributed by atoms with Crippen LogP contribution in [0.15, 0.2) is 22.7 Å². The molecule has 0 aliphatic carbocycles. The highest BCUT2D eigenvalue weighted by molar-refractivity contribution is 9.10. The van der Waals surface area contributed by atoms with Gasteiger partial charge in [-0.1, -0.05) is 6.07 Å². The number of piperazine rings is 1. The standard InChI is InChI=1S/C14H16BrN3O2/c1-17-6-5-16-7-9(17)8-18-13(19)10-3-2-4-11(15)12(10)14(18)20/h2-4,9,16H,5-8H2,1H3. The Bertz CT molecular complexity index is 576. The highest BCUT2D eigenvalue weighted by Crippen LogP contribution is 2.29. The molecule has 1 fully saturated rings. The number of rotatable bonds is 2. The molecule has 3 rings (SSSR count). The molecule has 0 spiro atoms. The van der Waals surface area contributed by atoms with E-state index in [1.807, 2.05) is 7.05 Å². The van der Waals surface area contributed by atoms with E-state index in [9.17, 15) is 9.59 Å². The Balaban J connectivity index is 1.85. The summed E-state index contributed by atoms with van der Waals surface area (Å²) in [6.45, 7) is 3.10. The SMILES string of the molecule is CN1CCNCC1CN1C(=O)c2cccc(Br)c2C1=O. The second-order valence-electron chi connectivity index (χ2n) is 5.22. The van der Waals surface area contributed by atoms with Crippen LogP contribution < -0.4 is 5.32 Å². The van der Waals surface area contributed by atoms with E-state index < -0.39 is 0 Å². The summed E-state index contributed by atoms with van der Waals surface area (Å²) < 4.78 is 0.686. The van der Waals surface area contributed by atoms with Gasteiger partial charge in [0.05, 0.1) is 11.1 Å². The topological polar surface area (TPSA) is 52.6 Å². The van der Waals surface area contributed by atoms with Crippen LogP contribution in [0.4, 0.5) is 0 Å². The molecule has 1 aromatic carbocycles. The van der Waals surface area contributed by atoms with E-state index in [2.05, 4.69) is 26.1 Å². The van der Waals surface area contributed by atoms with Gasteiger partial charge in [-0.3, -0.25) is 19.4 Å². The number of nitrogens with one attached hydrogen (secondary N) is 1. The van der Waals surface area contributed by atoms with Gasteiger partial charge in [-0.25, -0.2) is 0 Å². The van der Waals surface area contributed by atoms with Crippen molar-refractivity contribution in [3.8, 4) is 0 Å².